The van der Waals surface area contributed by atoms with Crippen molar-refractivity contribution < 1.29 is 13.6 Å². The summed E-state index contributed by atoms with van der Waals surface area (Å²) < 4.78 is 27.0. The van der Waals surface area contributed by atoms with Crippen LogP contribution in [0.5, 0.6) is 0 Å². The number of benzene rings is 1. The highest BCUT2D eigenvalue weighted by molar-refractivity contribution is 5.73. The molecule has 2 rings (SSSR count). The van der Waals surface area contributed by atoms with Crippen molar-refractivity contribution in [2.75, 3.05) is 0 Å². The van der Waals surface area contributed by atoms with Gasteiger partial charge in [0.25, 0.3) is 0 Å². The summed E-state index contributed by atoms with van der Waals surface area (Å²) in [6, 6.07) is 3.65. The molecule has 1 aromatic carbocycles. The number of carbonyl (C=O) groups is 1. The van der Waals surface area contributed by atoms with Crippen molar-refractivity contribution in [1.29, 1.82) is 0 Å². The number of hydrogen-bond acceptors (Lipinski definition) is 2. The number of carbonyl (C=O) groups excluding carboxylic acids is 1. The maximum absolute atomic E-state index is 12.9. The van der Waals surface area contributed by atoms with E-state index >= 15 is 0 Å². The largest absolute Gasteiger partial charge is 0.298 e. The zero-order valence-corrected chi connectivity index (χ0v) is 8.23. The van der Waals surface area contributed by atoms with Crippen LogP contribution in [0.2, 0.25) is 0 Å². The first-order valence-electron chi connectivity index (χ1n) is 4.60. The van der Waals surface area contributed by atoms with Gasteiger partial charge in [0.15, 0.2) is 17.9 Å². The monoisotopic (exact) mass is 222 g/mol. The molecule has 1 heterocycles. The molecule has 1 aromatic heterocycles. The third kappa shape index (κ3) is 2.13. The van der Waals surface area contributed by atoms with Crippen LogP contribution in [0.1, 0.15) is 15.9 Å². The van der Waals surface area contributed by atoms with Crippen LogP contribution in [-0.2, 0) is 6.54 Å². The molecule has 0 saturated heterocycles. The Morgan fingerprint density at radius 3 is 2.75 bits per heavy atom. The lowest BCUT2D eigenvalue weighted by Gasteiger charge is -2.02. The van der Waals surface area contributed by atoms with Gasteiger partial charge in [-0.05, 0) is 17.7 Å². The van der Waals surface area contributed by atoms with Gasteiger partial charge in [-0.1, -0.05) is 6.07 Å². The third-order valence-electron chi connectivity index (χ3n) is 2.12. The lowest BCUT2D eigenvalue weighted by atomic mass is 10.2. The summed E-state index contributed by atoms with van der Waals surface area (Å²) in [7, 11) is 0. The summed E-state index contributed by atoms with van der Waals surface area (Å²) in [5.74, 6) is -1.77. The zero-order chi connectivity index (χ0) is 11.5. The fourth-order valence-electron chi connectivity index (χ4n) is 1.35. The number of nitrogens with zero attached hydrogens (tertiary/aromatic N) is 2. The maximum Gasteiger partial charge on any atom is 0.159 e. The number of hydrogen-bond donors (Lipinski definition) is 0. The summed E-state index contributed by atoms with van der Waals surface area (Å²) in [6.07, 6.45) is 3.62. The van der Waals surface area contributed by atoms with E-state index in [0.29, 0.717) is 24.0 Å². The minimum absolute atomic E-state index is 0.297. The predicted octanol–water partition coefficient (Wildman–Crippen LogP) is 2.02. The fourth-order valence-corrected chi connectivity index (χ4v) is 1.35. The molecule has 0 spiro atoms. The Morgan fingerprint density at radius 2 is 2.12 bits per heavy atom. The molecule has 16 heavy (non-hydrogen) atoms. The van der Waals surface area contributed by atoms with Crippen LogP contribution in [0.4, 0.5) is 8.78 Å². The van der Waals surface area contributed by atoms with Gasteiger partial charge in [-0.2, -0.15) is 5.10 Å². The molecule has 0 bridgehead atoms. The first-order valence-corrected chi connectivity index (χ1v) is 4.60. The number of aromatic nitrogens is 2. The molecule has 0 amide bonds. The topological polar surface area (TPSA) is 34.9 Å². The average Bonchev–Trinajstić information content (AvgIpc) is 2.71. The van der Waals surface area contributed by atoms with E-state index in [1.165, 1.54) is 23.1 Å². The van der Waals surface area contributed by atoms with Gasteiger partial charge in [-0.15, -0.1) is 0 Å². The lowest BCUT2D eigenvalue weighted by Crippen LogP contribution is -2.00. The third-order valence-corrected chi connectivity index (χ3v) is 2.12. The van der Waals surface area contributed by atoms with E-state index in [9.17, 15) is 13.6 Å². The SMILES string of the molecule is O=Cc1cnn(Cc2ccc(F)c(F)c2)c1. The predicted molar refractivity (Wildman–Crippen MR) is 53.1 cm³/mol. The minimum atomic E-state index is -0.889. The normalized spacial score (nSPS) is 10.4. The molecule has 82 valence electrons. The molecule has 0 fully saturated rings. The van der Waals surface area contributed by atoms with Gasteiger partial charge in [-0.3, -0.25) is 9.48 Å². The Balaban J connectivity index is 2.20. The molecule has 2 aromatic rings. The quantitative estimate of drug-likeness (QED) is 0.744. The van der Waals surface area contributed by atoms with Crippen LogP contribution in [0.3, 0.4) is 0 Å². The highest BCUT2D eigenvalue weighted by Crippen LogP contribution is 2.10. The molecule has 0 radical (unpaired) electrons. The molecule has 3 nitrogen and oxygen atoms in total. The van der Waals surface area contributed by atoms with Crippen molar-refractivity contribution in [1.82, 2.24) is 9.78 Å². The van der Waals surface area contributed by atoms with Crippen molar-refractivity contribution in [3.8, 4) is 0 Å². The van der Waals surface area contributed by atoms with Crippen LogP contribution in [0.15, 0.2) is 30.6 Å². The van der Waals surface area contributed by atoms with Crippen molar-refractivity contribution in [2.24, 2.45) is 0 Å². The maximum atomic E-state index is 12.9. The molecule has 0 atom stereocenters. The van der Waals surface area contributed by atoms with E-state index in [4.69, 9.17) is 0 Å². The summed E-state index contributed by atoms with van der Waals surface area (Å²) in [5, 5.41) is 3.90. The first kappa shape index (κ1) is 10.5. The highest BCUT2D eigenvalue weighted by atomic mass is 19.2. The van der Waals surface area contributed by atoms with E-state index in [0.717, 1.165) is 12.1 Å². The van der Waals surface area contributed by atoms with Gasteiger partial charge >= 0.3 is 0 Å². The van der Waals surface area contributed by atoms with Gasteiger partial charge in [0, 0.05) is 6.20 Å². The van der Waals surface area contributed by atoms with Crippen molar-refractivity contribution >= 4 is 6.29 Å². The smallest absolute Gasteiger partial charge is 0.159 e. The average molecular weight is 222 g/mol. The Labute approximate surface area is 90.3 Å². The molecule has 0 aliphatic heterocycles. The molecule has 0 unspecified atom stereocenters. The Kier molecular flexibility index (Phi) is 2.76. The lowest BCUT2D eigenvalue weighted by molar-refractivity contribution is 0.112. The summed E-state index contributed by atoms with van der Waals surface area (Å²) in [6.45, 7) is 0.297. The molecular formula is C11H8F2N2O. The highest BCUT2D eigenvalue weighted by Gasteiger charge is 2.04. The van der Waals surface area contributed by atoms with Gasteiger partial charge in [0.1, 0.15) is 0 Å². The number of aldehydes is 1. The first-order chi connectivity index (χ1) is 7.69. The molecule has 0 aliphatic carbocycles. The van der Waals surface area contributed by atoms with Gasteiger partial charge < -0.3 is 0 Å². The van der Waals surface area contributed by atoms with Crippen molar-refractivity contribution in [3.05, 3.63) is 53.4 Å². The van der Waals surface area contributed by atoms with E-state index in [1.54, 1.807) is 0 Å². The molecule has 5 heteroatoms. The van der Waals surface area contributed by atoms with Crippen molar-refractivity contribution in [3.63, 3.8) is 0 Å². The van der Waals surface area contributed by atoms with Crippen LogP contribution < -0.4 is 0 Å². The van der Waals surface area contributed by atoms with Crippen LogP contribution in [-0.4, -0.2) is 16.1 Å². The van der Waals surface area contributed by atoms with Crippen LogP contribution in [0.25, 0.3) is 0 Å². The summed E-state index contributed by atoms with van der Waals surface area (Å²) in [4.78, 5) is 10.4. The van der Waals surface area contributed by atoms with Gasteiger partial charge in [0.05, 0.1) is 18.3 Å². The standard InChI is InChI=1S/C11H8F2N2O/c12-10-2-1-8(3-11(10)13)5-15-6-9(7-16)4-14-15/h1-4,6-7H,5H2. The fraction of sp³-hybridized carbons (Fsp3) is 0.0909. The van der Waals surface area contributed by atoms with E-state index < -0.39 is 11.6 Å². The van der Waals surface area contributed by atoms with Crippen molar-refractivity contribution in [2.45, 2.75) is 6.54 Å². The molecule has 0 N–H and O–H groups in total. The molecule has 0 aliphatic rings. The minimum Gasteiger partial charge on any atom is -0.298 e. The Bertz CT molecular complexity index is 522. The Morgan fingerprint density at radius 1 is 1.31 bits per heavy atom. The van der Waals surface area contributed by atoms with Gasteiger partial charge in [0.2, 0.25) is 0 Å². The van der Waals surface area contributed by atoms with E-state index in [1.807, 2.05) is 0 Å². The zero-order valence-electron chi connectivity index (χ0n) is 8.23. The summed E-state index contributed by atoms with van der Waals surface area (Å²) >= 11 is 0. The molecular weight excluding hydrogens is 214 g/mol. The second-order valence-corrected chi connectivity index (χ2v) is 3.34. The number of rotatable bonds is 3. The number of halogens is 2. The summed E-state index contributed by atoms with van der Waals surface area (Å²) in [5.41, 5.74) is 1.03. The van der Waals surface area contributed by atoms with E-state index in [-0.39, 0.29) is 0 Å². The van der Waals surface area contributed by atoms with Gasteiger partial charge in [-0.25, -0.2) is 8.78 Å². The molecule has 0 saturated carbocycles. The second kappa shape index (κ2) is 4.22. The Hall–Kier alpha value is -2.04. The van der Waals surface area contributed by atoms with Crippen LogP contribution >= 0.6 is 0 Å². The van der Waals surface area contributed by atoms with Crippen LogP contribution in [0, 0.1) is 11.6 Å². The van der Waals surface area contributed by atoms with E-state index in [2.05, 4.69) is 5.10 Å². The second-order valence-electron chi connectivity index (χ2n) is 3.34.